The molecule has 200 valence electrons. The fourth-order valence-corrected chi connectivity index (χ4v) is 4.37. The summed E-state index contributed by atoms with van der Waals surface area (Å²) in [6.07, 6.45) is -5.07. The van der Waals surface area contributed by atoms with Gasteiger partial charge in [-0.15, -0.1) is 0 Å². The summed E-state index contributed by atoms with van der Waals surface area (Å²) in [6, 6.07) is 15.0. The van der Waals surface area contributed by atoms with Gasteiger partial charge in [0.2, 0.25) is 17.7 Å². The van der Waals surface area contributed by atoms with Gasteiger partial charge in [0, 0.05) is 38.4 Å². The highest BCUT2D eigenvalue weighted by molar-refractivity contribution is 5.88. The van der Waals surface area contributed by atoms with Crippen LogP contribution in [0.15, 0.2) is 54.6 Å². The molecule has 0 bridgehead atoms. The summed E-state index contributed by atoms with van der Waals surface area (Å²) < 4.78 is 44.8. The van der Waals surface area contributed by atoms with Crippen molar-refractivity contribution in [3.8, 4) is 5.75 Å². The molecule has 10 heteroatoms. The maximum absolute atomic E-state index is 13.4. The van der Waals surface area contributed by atoms with Gasteiger partial charge in [0.25, 0.3) is 0 Å². The molecule has 0 spiro atoms. The Morgan fingerprint density at radius 1 is 1.11 bits per heavy atom. The first-order chi connectivity index (χ1) is 17.7. The van der Waals surface area contributed by atoms with Crippen LogP contribution in [0.2, 0.25) is 0 Å². The largest absolute Gasteiger partial charge is 0.497 e. The molecular formula is C27H32F3N3O4. The number of aryl methyl sites for hydroxylation is 1. The summed E-state index contributed by atoms with van der Waals surface area (Å²) in [4.78, 5) is 39.5. The number of amides is 3. The van der Waals surface area contributed by atoms with Crippen LogP contribution in [0.5, 0.6) is 5.75 Å². The van der Waals surface area contributed by atoms with E-state index in [-0.39, 0.29) is 31.8 Å². The number of nitrogens with zero attached hydrogens (tertiary/aromatic N) is 1. The molecule has 1 heterocycles. The number of hydrogen-bond acceptors (Lipinski definition) is 4. The average Bonchev–Trinajstić information content (AvgIpc) is 2.89. The average molecular weight is 520 g/mol. The second-order valence-corrected chi connectivity index (χ2v) is 9.05. The van der Waals surface area contributed by atoms with E-state index in [1.165, 1.54) is 7.11 Å². The fourth-order valence-electron chi connectivity index (χ4n) is 4.37. The smallest absolute Gasteiger partial charge is 0.390 e. The summed E-state index contributed by atoms with van der Waals surface area (Å²) in [5.74, 6) is -1.13. The Balaban J connectivity index is 1.81. The van der Waals surface area contributed by atoms with Crippen LogP contribution in [0.4, 0.5) is 13.2 Å². The lowest BCUT2D eigenvalue weighted by atomic mass is 9.89. The van der Waals surface area contributed by atoms with Gasteiger partial charge in [0.15, 0.2) is 0 Å². The topological polar surface area (TPSA) is 87.7 Å². The van der Waals surface area contributed by atoms with Crippen molar-refractivity contribution in [3.63, 3.8) is 0 Å². The molecule has 1 aliphatic rings. The lowest BCUT2D eigenvalue weighted by Gasteiger charge is -2.38. The van der Waals surface area contributed by atoms with Crippen LogP contribution >= 0.6 is 0 Å². The lowest BCUT2D eigenvalue weighted by Crippen LogP contribution is -2.57. The van der Waals surface area contributed by atoms with E-state index in [2.05, 4.69) is 10.6 Å². The molecule has 7 nitrogen and oxygen atoms in total. The van der Waals surface area contributed by atoms with Gasteiger partial charge in [0.05, 0.1) is 13.5 Å². The van der Waals surface area contributed by atoms with Gasteiger partial charge < -0.3 is 20.3 Å². The minimum absolute atomic E-state index is 0.0638. The normalized spacial score (nSPS) is 16.4. The number of ether oxygens (including phenoxy) is 1. The predicted octanol–water partition coefficient (Wildman–Crippen LogP) is 3.62. The van der Waals surface area contributed by atoms with Gasteiger partial charge in [-0.25, -0.2) is 0 Å². The van der Waals surface area contributed by atoms with Crippen LogP contribution in [-0.2, 0) is 27.3 Å². The zero-order valence-electron chi connectivity index (χ0n) is 20.7. The number of carbonyl (C=O) groups excluding carboxylic acids is 3. The summed E-state index contributed by atoms with van der Waals surface area (Å²) in [6.45, 7) is -0.363. The van der Waals surface area contributed by atoms with E-state index in [4.69, 9.17) is 4.74 Å². The minimum atomic E-state index is -4.50. The molecule has 1 saturated heterocycles. The Morgan fingerprint density at radius 3 is 2.41 bits per heavy atom. The maximum atomic E-state index is 13.4. The number of carbonyl (C=O) groups is 3. The summed E-state index contributed by atoms with van der Waals surface area (Å²) in [5.41, 5.74) is 1.64. The molecule has 2 aromatic rings. The molecule has 3 rings (SSSR count). The van der Waals surface area contributed by atoms with Crippen molar-refractivity contribution < 1.29 is 32.3 Å². The number of alkyl halides is 3. The Kier molecular flexibility index (Phi) is 9.93. The highest BCUT2D eigenvalue weighted by Crippen LogP contribution is 2.26. The van der Waals surface area contributed by atoms with E-state index >= 15 is 0 Å². The zero-order valence-corrected chi connectivity index (χ0v) is 20.7. The van der Waals surface area contributed by atoms with Gasteiger partial charge in [-0.05, 0) is 36.1 Å². The molecule has 0 aliphatic carbocycles. The lowest BCUT2D eigenvalue weighted by molar-refractivity contribution is -0.154. The molecule has 2 N–H and O–H groups in total. The van der Waals surface area contributed by atoms with Gasteiger partial charge in [-0.3, -0.25) is 14.4 Å². The number of piperidine rings is 1. The minimum Gasteiger partial charge on any atom is -0.497 e. The summed E-state index contributed by atoms with van der Waals surface area (Å²) >= 11 is 0. The zero-order chi connectivity index (χ0) is 26.8. The van der Waals surface area contributed by atoms with Crippen molar-refractivity contribution in [2.45, 2.75) is 50.9 Å². The first-order valence-corrected chi connectivity index (χ1v) is 12.2. The number of nitrogens with one attached hydrogen (secondary N) is 2. The van der Waals surface area contributed by atoms with Crippen LogP contribution in [0.3, 0.4) is 0 Å². The Labute approximate surface area is 214 Å². The van der Waals surface area contributed by atoms with E-state index < -0.39 is 42.9 Å². The number of halogens is 3. The molecule has 2 aromatic carbocycles. The Bertz CT molecular complexity index is 1040. The van der Waals surface area contributed by atoms with Gasteiger partial charge in [0.1, 0.15) is 11.8 Å². The molecule has 0 saturated carbocycles. The standard InChI is InChI=1S/C27H32F3N3O4/c1-37-22-11-7-19(8-12-22)9-14-24(35)33(16-15-27(28,29)30)25(21-10-13-23(34)31-18-21)26(36)32-17-20-5-3-2-4-6-20/h2-8,11-12,21,25H,9-10,13-18H2,1H3,(H,31,34)(H,32,36). The van der Waals surface area contributed by atoms with Crippen LogP contribution < -0.4 is 15.4 Å². The fraction of sp³-hybridized carbons (Fsp3) is 0.444. The number of hydrogen-bond donors (Lipinski definition) is 2. The van der Waals surface area contributed by atoms with E-state index in [9.17, 15) is 27.6 Å². The van der Waals surface area contributed by atoms with Crippen molar-refractivity contribution in [3.05, 3.63) is 65.7 Å². The summed E-state index contributed by atoms with van der Waals surface area (Å²) in [7, 11) is 1.54. The summed E-state index contributed by atoms with van der Waals surface area (Å²) in [5, 5.41) is 5.47. The molecule has 0 aromatic heterocycles. The highest BCUT2D eigenvalue weighted by atomic mass is 19.4. The van der Waals surface area contributed by atoms with E-state index in [0.29, 0.717) is 18.6 Å². The molecule has 2 unspecified atom stereocenters. The molecule has 1 aliphatic heterocycles. The Morgan fingerprint density at radius 2 is 1.81 bits per heavy atom. The quantitative estimate of drug-likeness (QED) is 0.475. The van der Waals surface area contributed by atoms with E-state index in [1.807, 2.05) is 30.3 Å². The van der Waals surface area contributed by atoms with Crippen LogP contribution in [-0.4, -0.2) is 55.0 Å². The van der Waals surface area contributed by atoms with Gasteiger partial charge >= 0.3 is 6.18 Å². The molecule has 37 heavy (non-hydrogen) atoms. The number of methoxy groups -OCH3 is 1. The van der Waals surface area contributed by atoms with Crippen molar-refractivity contribution in [1.82, 2.24) is 15.5 Å². The molecule has 0 radical (unpaired) electrons. The second-order valence-electron chi connectivity index (χ2n) is 9.05. The molecule has 2 atom stereocenters. The third-order valence-corrected chi connectivity index (χ3v) is 6.41. The first-order valence-electron chi connectivity index (χ1n) is 12.2. The SMILES string of the molecule is COc1ccc(CCC(=O)N(CCC(F)(F)F)C(C(=O)NCc2ccccc2)C2CCC(=O)NC2)cc1. The van der Waals surface area contributed by atoms with Crippen molar-refractivity contribution >= 4 is 17.7 Å². The maximum Gasteiger partial charge on any atom is 0.390 e. The van der Waals surface area contributed by atoms with Gasteiger partial charge in [-0.1, -0.05) is 42.5 Å². The van der Waals surface area contributed by atoms with Crippen molar-refractivity contribution in [2.75, 3.05) is 20.2 Å². The first kappa shape index (κ1) is 28.0. The van der Waals surface area contributed by atoms with Crippen molar-refractivity contribution in [1.29, 1.82) is 0 Å². The van der Waals surface area contributed by atoms with Crippen LogP contribution in [0.25, 0.3) is 0 Å². The third kappa shape index (κ3) is 8.80. The van der Waals surface area contributed by atoms with Crippen LogP contribution in [0.1, 0.15) is 36.8 Å². The van der Waals surface area contributed by atoms with E-state index in [1.54, 1.807) is 24.3 Å². The Hall–Kier alpha value is -3.56. The molecular weight excluding hydrogens is 487 g/mol. The van der Waals surface area contributed by atoms with Crippen molar-refractivity contribution in [2.24, 2.45) is 5.92 Å². The van der Waals surface area contributed by atoms with E-state index in [0.717, 1.165) is 16.0 Å². The number of benzene rings is 2. The third-order valence-electron chi connectivity index (χ3n) is 6.41. The monoisotopic (exact) mass is 519 g/mol. The molecule has 3 amide bonds. The predicted molar refractivity (Wildman–Crippen MR) is 132 cm³/mol. The number of rotatable bonds is 11. The second kappa shape index (κ2) is 13.1. The molecule has 1 fully saturated rings. The van der Waals surface area contributed by atoms with Gasteiger partial charge in [-0.2, -0.15) is 13.2 Å². The highest BCUT2D eigenvalue weighted by Gasteiger charge is 2.40. The van der Waals surface area contributed by atoms with Crippen LogP contribution in [0, 0.1) is 5.92 Å².